The number of anilines is 1. The van der Waals surface area contributed by atoms with Gasteiger partial charge in [0.2, 0.25) is 0 Å². The zero-order valence-corrected chi connectivity index (χ0v) is 12.0. The van der Waals surface area contributed by atoms with E-state index in [2.05, 4.69) is 5.10 Å². The second-order valence-electron chi connectivity index (χ2n) is 4.78. The lowest BCUT2D eigenvalue weighted by molar-refractivity contribution is -0.138. The highest BCUT2D eigenvalue weighted by atomic mass is 32.2. The molecule has 7 nitrogen and oxygen atoms in total. The van der Waals surface area contributed by atoms with Crippen LogP contribution in [0, 0.1) is 0 Å². The lowest BCUT2D eigenvalue weighted by Crippen LogP contribution is -2.32. The number of carboxylic acids is 1. The molecule has 1 aliphatic rings. The molecule has 110 valence electrons. The molecule has 1 unspecified atom stereocenters. The molecule has 0 radical (unpaired) electrons. The first kappa shape index (κ1) is 13.6. The number of hydrogen-bond acceptors (Lipinski definition) is 4. The summed E-state index contributed by atoms with van der Waals surface area (Å²) in [5, 5.41) is 13.2. The predicted octanol–water partition coefficient (Wildman–Crippen LogP) is 0.797. The minimum Gasteiger partial charge on any atom is -0.481 e. The number of para-hydroxylation sites is 1. The first-order chi connectivity index (χ1) is 9.93. The van der Waals surface area contributed by atoms with Crippen LogP contribution in [0.2, 0.25) is 0 Å². The normalized spacial score (nSPS) is 17.8. The molecule has 0 spiro atoms. The van der Waals surface area contributed by atoms with Gasteiger partial charge in [-0.15, -0.1) is 0 Å². The van der Waals surface area contributed by atoms with Crippen molar-refractivity contribution in [2.75, 3.05) is 10.8 Å². The Bertz CT molecular complexity index is 812. The van der Waals surface area contributed by atoms with Crippen LogP contribution in [0.3, 0.4) is 0 Å². The van der Waals surface area contributed by atoms with Crippen LogP contribution < -0.4 is 4.31 Å². The fourth-order valence-corrected chi connectivity index (χ4v) is 4.15. The molecule has 0 saturated heterocycles. The number of nitrogens with zero attached hydrogens (tertiary/aromatic N) is 3. The van der Waals surface area contributed by atoms with Gasteiger partial charge in [-0.1, -0.05) is 18.2 Å². The van der Waals surface area contributed by atoms with Crippen molar-refractivity contribution in [3.63, 3.8) is 0 Å². The van der Waals surface area contributed by atoms with Crippen molar-refractivity contribution in [3.05, 3.63) is 42.1 Å². The lowest BCUT2D eigenvalue weighted by Gasteiger charge is -2.19. The van der Waals surface area contributed by atoms with E-state index >= 15 is 0 Å². The molecular formula is C13H13N3O4S. The largest absolute Gasteiger partial charge is 0.481 e. The Labute approximate surface area is 121 Å². The van der Waals surface area contributed by atoms with E-state index in [4.69, 9.17) is 0 Å². The molecular weight excluding hydrogens is 294 g/mol. The molecule has 1 aromatic heterocycles. The Morgan fingerprint density at radius 1 is 1.33 bits per heavy atom. The van der Waals surface area contributed by atoms with Gasteiger partial charge < -0.3 is 5.11 Å². The van der Waals surface area contributed by atoms with Crippen LogP contribution in [0.15, 0.2) is 41.6 Å². The fraction of sp³-hybridized carbons (Fsp3) is 0.231. The van der Waals surface area contributed by atoms with Gasteiger partial charge in [-0.3, -0.25) is 13.8 Å². The SMILES string of the molecule is Cn1nccc1S(=O)(=O)N1CC(C(=O)O)c2ccccc21. The van der Waals surface area contributed by atoms with E-state index in [0.29, 0.717) is 11.3 Å². The fourth-order valence-electron chi connectivity index (χ4n) is 2.54. The summed E-state index contributed by atoms with van der Waals surface area (Å²) in [6.07, 6.45) is 1.39. The summed E-state index contributed by atoms with van der Waals surface area (Å²) in [5.74, 6) is -1.89. The second kappa shape index (κ2) is 4.59. The van der Waals surface area contributed by atoms with Gasteiger partial charge in [0.05, 0.1) is 18.4 Å². The molecule has 8 heteroatoms. The van der Waals surface area contributed by atoms with E-state index < -0.39 is 21.9 Å². The average Bonchev–Trinajstić information content (AvgIpc) is 3.02. The Balaban J connectivity index is 2.13. The van der Waals surface area contributed by atoms with Gasteiger partial charge in [-0.2, -0.15) is 13.5 Å². The van der Waals surface area contributed by atoms with E-state index in [-0.39, 0.29) is 11.6 Å². The molecule has 1 aromatic carbocycles. The summed E-state index contributed by atoms with van der Waals surface area (Å²) in [4.78, 5) is 11.4. The third-order valence-electron chi connectivity index (χ3n) is 3.56. The number of benzene rings is 1. The number of carbonyl (C=O) groups is 1. The van der Waals surface area contributed by atoms with E-state index in [1.54, 1.807) is 24.3 Å². The number of aryl methyl sites for hydroxylation is 1. The standard InChI is InChI=1S/C13H13N3O4S/c1-15-12(6-7-14-15)21(19,20)16-8-10(13(17)18)9-4-2-3-5-11(9)16/h2-7,10H,8H2,1H3,(H,17,18). The van der Waals surface area contributed by atoms with Gasteiger partial charge in [0, 0.05) is 7.05 Å². The third-order valence-corrected chi connectivity index (χ3v) is 5.41. The number of aromatic nitrogens is 2. The number of rotatable bonds is 3. The van der Waals surface area contributed by atoms with Crippen molar-refractivity contribution in [1.82, 2.24) is 9.78 Å². The molecule has 2 aromatic rings. The van der Waals surface area contributed by atoms with Gasteiger partial charge in [0.1, 0.15) is 5.92 Å². The Hall–Kier alpha value is -2.35. The molecule has 0 bridgehead atoms. The Morgan fingerprint density at radius 3 is 2.67 bits per heavy atom. The van der Waals surface area contributed by atoms with E-state index in [1.165, 1.54) is 24.0 Å². The van der Waals surface area contributed by atoms with Crippen molar-refractivity contribution in [1.29, 1.82) is 0 Å². The zero-order chi connectivity index (χ0) is 15.2. The molecule has 1 aliphatic heterocycles. The van der Waals surface area contributed by atoms with Crippen LogP contribution in [0.1, 0.15) is 11.5 Å². The highest BCUT2D eigenvalue weighted by Gasteiger charge is 2.40. The molecule has 0 amide bonds. The second-order valence-corrected chi connectivity index (χ2v) is 6.59. The highest BCUT2D eigenvalue weighted by molar-refractivity contribution is 7.92. The summed E-state index contributed by atoms with van der Waals surface area (Å²) in [7, 11) is -2.30. The van der Waals surface area contributed by atoms with Gasteiger partial charge in [-0.05, 0) is 17.7 Å². The summed E-state index contributed by atoms with van der Waals surface area (Å²) >= 11 is 0. The van der Waals surface area contributed by atoms with Crippen LogP contribution in [0.4, 0.5) is 5.69 Å². The lowest BCUT2D eigenvalue weighted by atomic mass is 10.0. The van der Waals surface area contributed by atoms with Crippen molar-refractivity contribution >= 4 is 21.7 Å². The van der Waals surface area contributed by atoms with Crippen LogP contribution in [-0.2, 0) is 21.9 Å². The monoisotopic (exact) mass is 307 g/mol. The molecule has 3 rings (SSSR count). The van der Waals surface area contributed by atoms with E-state index in [0.717, 1.165) is 4.31 Å². The maximum Gasteiger partial charge on any atom is 0.312 e. The third kappa shape index (κ3) is 1.99. The van der Waals surface area contributed by atoms with Gasteiger partial charge in [-0.25, -0.2) is 0 Å². The molecule has 0 saturated carbocycles. The number of hydrogen-bond donors (Lipinski definition) is 1. The first-order valence-corrected chi connectivity index (χ1v) is 7.69. The van der Waals surface area contributed by atoms with Gasteiger partial charge >= 0.3 is 5.97 Å². The van der Waals surface area contributed by atoms with Crippen molar-refractivity contribution in [2.24, 2.45) is 7.05 Å². The number of carboxylic acid groups (broad SMARTS) is 1. The molecule has 21 heavy (non-hydrogen) atoms. The first-order valence-electron chi connectivity index (χ1n) is 6.25. The molecule has 1 atom stereocenters. The van der Waals surface area contributed by atoms with Gasteiger partial charge in [0.15, 0.2) is 5.03 Å². The Morgan fingerprint density at radius 2 is 2.05 bits per heavy atom. The highest BCUT2D eigenvalue weighted by Crippen LogP contribution is 2.39. The Kier molecular flexibility index (Phi) is 2.98. The molecule has 2 heterocycles. The minimum atomic E-state index is -3.84. The zero-order valence-electron chi connectivity index (χ0n) is 11.2. The van der Waals surface area contributed by atoms with E-state index in [1.807, 2.05) is 0 Å². The van der Waals surface area contributed by atoms with Crippen LogP contribution in [-0.4, -0.2) is 35.8 Å². The number of sulfonamides is 1. The van der Waals surface area contributed by atoms with Gasteiger partial charge in [0.25, 0.3) is 10.0 Å². The summed E-state index contributed by atoms with van der Waals surface area (Å²) in [6, 6.07) is 8.05. The predicted molar refractivity (Wildman–Crippen MR) is 74.6 cm³/mol. The number of aliphatic carboxylic acids is 1. The van der Waals surface area contributed by atoms with Crippen LogP contribution in [0.5, 0.6) is 0 Å². The summed E-state index contributed by atoms with van der Waals surface area (Å²) in [6.45, 7) is -0.109. The van der Waals surface area contributed by atoms with Crippen LogP contribution in [0.25, 0.3) is 0 Å². The maximum atomic E-state index is 12.7. The smallest absolute Gasteiger partial charge is 0.312 e. The molecule has 0 fully saturated rings. The maximum absolute atomic E-state index is 12.7. The number of fused-ring (bicyclic) bond motifs is 1. The van der Waals surface area contributed by atoms with Crippen molar-refractivity contribution in [2.45, 2.75) is 10.9 Å². The van der Waals surface area contributed by atoms with Crippen LogP contribution >= 0.6 is 0 Å². The summed E-state index contributed by atoms with van der Waals surface area (Å²) in [5.41, 5.74) is 0.918. The van der Waals surface area contributed by atoms with Crippen molar-refractivity contribution < 1.29 is 18.3 Å². The molecule has 1 N–H and O–H groups in total. The average molecular weight is 307 g/mol. The minimum absolute atomic E-state index is 0.0309. The molecule has 0 aliphatic carbocycles. The quantitative estimate of drug-likeness (QED) is 0.905. The van der Waals surface area contributed by atoms with Crippen molar-refractivity contribution in [3.8, 4) is 0 Å². The topological polar surface area (TPSA) is 92.5 Å². The van der Waals surface area contributed by atoms with E-state index in [9.17, 15) is 18.3 Å². The summed E-state index contributed by atoms with van der Waals surface area (Å²) < 4.78 is 27.8.